The van der Waals surface area contributed by atoms with Gasteiger partial charge in [0.25, 0.3) is 0 Å². The second-order valence-electron chi connectivity index (χ2n) is 13.8. The normalized spacial score (nSPS) is 20.2. The number of rotatable bonds is 17. The minimum atomic E-state index is -1.20. The summed E-state index contributed by atoms with van der Waals surface area (Å²) in [6.45, 7) is 6.21. The van der Waals surface area contributed by atoms with Crippen molar-refractivity contribution < 1.29 is 38.1 Å². The van der Waals surface area contributed by atoms with Gasteiger partial charge >= 0.3 is 11.8 Å². The largest absolute Gasteiger partial charge is 0.497 e. The highest BCUT2D eigenvalue weighted by atomic mass is 16.8. The van der Waals surface area contributed by atoms with E-state index in [-0.39, 0.29) is 12.4 Å². The van der Waals surface area contributed by atoms with Crippen molar-refractivity contribution in [3.05, 3.63) is 118 Å². The van der Waals surface area contributed by atoms with Crippen LogP contribution in [0.4, 0.5) is 10.6 Å². The standard InChI is InChI=1S/C41H50N4O9/c1-6-7-8-9-13-25-42-39(47)50-27-33-35-36(53-40(2,3)52-35)37(51-33)45-26-24-34(43-38(45)46)44-54-41(28-14-11-10-12-15-28,29-16-20-31(48-4)21-17-29)30-18-22-32(49-5)23-19-30/h10-12,14-24,26,33,35-37H,6-9,13,25,27H2,1-5H3,(H,42,47)(H,43,44,46)/t33-,35+,36?,37-/m1/s1. The van der Waals surface area contributed by atoms with Crippen molar-refractivity contribution in [2.75, 3.05) is 32.9 Å². The molecular formula is C41H50N4O9. The van der Waals surface area contributed by atoms with Crippen molar-refractivity contribution >= 4 is 11.9 Å². The van der Waals surface area contributed by atoms with Crippen LogP contribution in [0.3, 0.4) is 0 Å². The molecule has 3 heterocycles. The average Bonchev–Trinajstić information content (AvgIpc) is 3.68. The summed E-state index contributed by atoms with van der Waals surface area (Å²) in [6.07, 6.45) is 3.65. The van der Waals surface area contributed by atoms with E-state index in [1.165, 1.54) is 11.0 Å². The van der Waals surface area contributed by atoms with Crippen LogP contribution in [0.5, 0.6) is 11.5 Å². The molecule has 1 amide bonds. The van der Waals surface area contributed by atoms with Crippen LogP contribution in [0, 0.1) is 0 Å². The van der Waals surface area contributed by atoms with Gasteiger partial charge in [0.2, 0.25) is 0 Å². The highest BCUT2D eigenvalue weighted by Crippen LogP contribution is 2.44. The summed E-state index contributed by atoms with van der Waals surface area (Å²) in [5.41, 5.74) is 3.58. The summed E-state index contributed by atoms with van der Waals surface area (Å²) in [5, 5.41) is 2.80. The first-order chi connectivity index (χ1) is 26.2. The molecule has 6 rings (SSSR count). The molecule has 4 aromatic rings. The number of alkyl carbamates (subject to hydrolysis) is 1. The highest BCUT2D eigenvalue weighted by Gasteiger charge is 2.56. The Morgan fingerprint density at radius 3 is 2.06 bits per heavy atom. The van der Waals surface area contributed by atoms with E-state index in [9.17, 15) is 9.59 Å². The van der Waals surface area contributed by atoms with Crippen LogP contribution in [0.25, 0.3) is 0 Å². The Bertz CT molecular complexity index is 1820. The van der Waals surface area contributed by atoms with E-state index in [2.05, 4.69) is 22.7 Å². The predicted molar refractivity (Wildman–Crippen MR) is 201 cm³/mol. The maximum Gasteiger partial charge on any atom is 0.407 e. The van der Waals surface area contributed by atoms with Crippen LogP contribution in [-0.4, -0.2) is 67.1 Å². The van der Waals surface area contributed by atoms with Crippen LogP contribution in [0.1, 0.15) is 75.8 Å². The summed E-state index contributed by atoms with van der Waals surface area (Å²) < 4.78 is 36.4. The van der Waals surface area contributed by atoms with E-state index in [1.807, 2.05) is 78.9 Å². The molecule has 2 aliphatic heterocycles. The van der Waals surface area contributed by atoms with Gasteiger partial charge in [-0.25, -0.2) is 15.1 Å². The lowest BCUT2D eigenvalue weighted by molar-refractivity contribution is -0.200. The number of nitrogens with zero attached hydrogens (tertiary/aromatic N) is 2. The van der Waals surface area contributed by atoms with Crippen molar-refractivity contribution in [2.24, 2.45) is 0 Å². The number of fused-ring (bicyclic) bond motifs is 1. The van der Waals surface area contributed by atoms with Crippen molar-refractivity contribution in [2.45, 2.75) is 88.8 Å². The molecule has 1 aromatic heterocycles. The molecular weight excluding hydrogens is 692 g/mol. The minimum absolute atomic E-state index is 0.0767. The van der Waals surface area contributed by atoms with E-state index < -0.39 is 47.7 Å². The lowest BCUT2D eigenvalue weighted by Crippen LogP contribution is -2.37. The highest BCUT2D eigenvalue weighted by molar-refractivity contribution is 5.67. The third-order valence-corrected chi connectivity index (χ3v) is 9.64. The molecule has 1 unspecified atom stereocenters. The zero-order valence-electron chi connectivity index (χ0n) is 31.5. The summed E-state index contributed by atoms with van der Waals surface area (Å²) in [7, 11) is 3.23. The number of carbonyl (C=O) groups is 1. The molecule has 54 heavy (non-hydrogen) atoms. The molecule has 2 saturated heterocycles. The summed E-state index contributed by atoms with van der Waals surface area (Å²) in [6, 6.07) is 26.6. The van der Waals surface area contributed by atoms with E-state index in [4.69, 9.17) is 33.3 Å². The van der Waals surface area contributed by atoms with Crippen molar-refractivity contribution in [3.8, 4) is 11.5 Å². The maximum absolute atomic E-state index is 13.7. The smallest absolute Gasteiger partial charge is 0.407 e. The molecule has 13 nitrogen and oxygen atoms in total. The molecule has 13 heteroatoms. The lowest BCUT2D eigenvalue weighted by atomic mass is 9.80. The molecule has 0 aliphatic carbocycles. The SMILES string of the molecule is CCCCCCCNC(=O)OC[C@H]1O[C@@H](n2ccc(NOC(c3ccccc3)(c3ccc(OC)cc3)c3ccc(OC)cc3)nc2=O)C2OC(C)(C)O[C@H]21. The van der Waals surface area contributed by atoms with Crippen LogP contribution in [0.2, 0.25) is 0 Å². The Morgan fingerprint density at radius 2 is 1.44 bits per heavy atom. The van der Waals surface area contributed by atoms with Gasteiger partial charge in [-0.1, -0.05) is 87.2 Å². The Labute approximate surface area is 315 Å². The van der Waals surface area contributed by atoms with Crippen LogP contribution in [0.15, 0.2) is 95.9 Å². The Kier molecular flexibility index (Phi) is 12.5. The first-order valence-electron chi connectivity index (χ1n) is 18.5. The first-order valence-corrected chi connectivity index (χ1v) is 18.5. The maximum atomic E-state index is 13.7. The molecule has 0 radical (unpaired) electrons. The number of carbonyl (C=O) groups excluding carboxylic acids is 1. The molecule has 3 aromatic carbocycles. The van der Waals surface area contributed by atoms with Crippen LogP contribution >= 0.6 is 0 Å². The van der Waals surface area contributed by atoms with E-state index >= 15 is 0 Å². The van der Waals surface area contributed by atoms with Gasteiger partial charge in [-0.3, -0.25) is 9.40 Å². The second-order valence-corrected chi connectivity index (χ2v) is 13.8. The number of anilines is 1. The predicted octanol–water partition coefficient (Wildman–Crippen LogP) is 6.71. The van der Waals surface area contributed by atoms with Crippen LogP contribution < -0.4 is 26.0 Å². The van der Waals surface area contributed by atoms with Gasteiger partial charge in [-0.2, -0.15) is 4.98 Å². The van der Waals surface area contributed by atoms with Crippen LogP contribution in [-0.2, 0) is 29.4 Å². The Morgan fingerprint density at radius 1 is 0.833 bits per heavy atom. The fourth-order valence-electron chi connectivity index (χ4n) is 6.94. The van der Waals surface area contributed by atoms with Gasteiger partial charge < -0.3 is 33.7 Å². The van der Waals surface area contributed by atoms with Crippen molar-refractivity contribution in [3.63, 3.8) is 0 Å². The zero-order chi connectivity index (χ0) is 38.1. The van der Waals surface area contributed by atoms with Gasteiger partial charge in [-0.15, -0.1) is 0 Å². The van der Waals surface area contributed by atoms with E-state index in [0.717, 1.165) is 42.4 Å². The molecule has 288 valence electrons. The number of ether oxygens (including phenoxy) is 6. The van der Waals surface area contributed by atoms with Gasteiger partial charge in [0.15, 0.2) is 23.4 Å². The van der Waals surface area contributed by atoms with E-state index in [1.54, 1.807) is 40.3 Å². The molecule has 2 aliphatic rings. The number of hydrogen-bond acceptors (Lipinski definition) is 11. The molecule has 2 fully saturated rings. The molecule has 2 N–H and O–H groups in total. The number of nitrogens with one attached hydrogen (secondary N) is 2. The molecule has 0 spiro atoms. The minimum Gasteiger partial charge on any atom is -0.497 e. The second kappa shape index (κ2) is 17.5. The lowest BCUT2D eigenvalue weighted by Gasteiger charge is -2.35. The third-order valence-electron chi connectivity index (χ3n) is 9.64. The Hall–Kier alpha value is -4.95. The van der Waals surface area contributed by atoms with Crippen molar-refractivity contribution in [1.29, 1.82) is 0 Å². The van der Waals surface area contributed by atoms with Gasteiger partial charge in [0, 0.05) is 12.7 Å². The number of unbranched alkanes of at least 4 members (excludes halogenated alkanes) is 4. The van der Waals surface area contributed by atoms with Crippen molar-refractivity contribution in [1.82, 2.24) is 14.9 Å². The van der Waals surface area contributed by atoms with Gasteiger partial charge in [0.1, 0.15) is 36.4 Å². The fourth-order valence-corrected chi connectivity index (χ4v) is 6.94. The third kappa shape index (κ3) is 8.71. The molecule has 0 saturated carbocycles. The summed E-state index contributed by atoms with van der Waals surface area (Å²) >= 11 is 0. The number of aromatic nitrogens is 2. The number of amides is 1. The van der Waals surface area contributed by atoms with E-state index in [0.29, 0.717) is 18.0 Å². The first kappa shape index (κ1) is 38.8. The zero-order valence-corrected chi connectivity index (χ0v) is 31.5. The summed E-state index contributed by atoms with van der Waals surface area (Å²) in [4.78, 5) is 37.2. The fraction of sp³-hybridized carbons (Fsp3) is 0.439. The topological polar surface area (TPSA) is 141 Å². The van der Waals surface area contributed by atoms with Gasteiger partial charge in [0.05, 0.1) is 14.2 Å². The molecule has 0 bridgehead atoms. The Balaban J connectivity index is 1.22. The monoisotopic (exact) mass is 742 g/mol. The quantitative estimate of drug-likeness (QED) is 0.0678. The number of hydrogen-bond donors (Lipinski definition) is 2. The molecule has 4 atom stereocenters. The van der Waals surface area contributed by atoms with Gasteiger partial charge in [-0.05, 0) is 67.3 Å². The summed E-state index contributed by atoms with van der Waals surface area (Å²) in [5.74, 6) is 0.612. The average molecular weight is 743 g/mol. The number of methoxy groups -OCH3 is 2. The number of benzene rings is 3.